The summed E-state index contributed by atoms with van der Waals surface area (Å²) in [5, 5.41) is 0.349. The summed E-state index contributed by atoms with van der Waals surface area (Å²) in [7, 11) is 0. The highest BCUT2D eigenvalue weighted by Gasteiger charge is 2.29. The highest BCUT2D eigenvalue weighted by Crippen LogP contribution is 2.15. The number of esters is 1. The average Bonchev–Trinajstić information content (AvgIpc) is 2.99. The summed E-state index contributed by atoms with van der Waals surface area (Å²) in [6.45, 7) is 1.40. The van der Waals surface area contributed by atoms with Gasteiger partial charge < -0.3 is 13.9 Å². The molecule has 2 amide bonds. The van der Waals surface area contributed by atoms with Gasteiger partial charge in [-0.1, -0.05) is 11.6 Å². The smallest absolute Gasteiger partial charge is 0.416 e. The van der Waals surface area contributed by atoms with Crippen LogP contribution < -0.4 is 5.43 Å². The predicted molar refractivity (Wildman–Crippen MR) is 80.6 cm³/mol. The lowest BCUT2D eigenvalue weighted by atomic mass is 10.1. The monoisotopic (exact) mass is 331 g/mol. The van der Waals surface area contributed by atoms with Crippen molar-refractivity contribution in [3.05, 3.63) is 45.8 Å². The molecule has 1 saturated heterocycles. The van der Waals surface area contributed by atoms with Crippen LogP contribution in [0.1, 0.15) is 16.1 Å². The van der Waals surface area contributed by atoms with Gasteiger partial charge in [0.05, 0.1) is 11.9 Å². The van der Waals surface area contributed by atoms with Gasteiger partial charge >= 0.3 is 12.1 Å². The molecule has 1 aromatic heterocycles. The van der Waals surface area contributed by atoms with Gasteiger partial charge in [0.2, 0.25) is 5.76 Å². The zero-order valence-electron chi connectivity index (χ0n) is 12.7. The van der Waals surface area contributed by atoms with Gasteiger partial charge in [0, 0.05) is 6.07 Å². The zero-order valence-corrected chi connectivity index (χ0v) is 12.7. The van der Waals surface area contributed by atoms with Crippen molar-refractivity contribution in [1.29, 1.82) is 0 Å². The fourth-order valence-corrected chi connectivity index (χ4v) is 2.27. The van der Waals surface area contributed by atoms with Gasteiger partial charge in [0.1, 0.15) is 12.2 Å². The number of nitrogens with zero attached hydrogens (tertiary/aromatic N) is 1. The van der Waals surface area contributed by atoms with Crippen LogP contribution in [0, 0.1) is 6.92 Å². The van der Waals surface area contributed by atoms with E-state index in [-0.39, 0.29) is 29.9 Å². The first kappa shape index (κ1) is 15.7. The van der Waals surface area contributed by atoms with Crippen molar-refractivity contribution in [2.45, 2.75) is 6.92 Å². The molecule has 1 aromatic carbocycles. The number of carbonyl (C=O) groups is 3. The van der Waals surface area contributed by atoms with E-state index in [2.05, 4.69) is 4.74 Å². The Labute approximate surface area is 135 Å². The molecule has 1 aliphatic heterocycles. The van der Waals surface area contributed by atoms with E-state index in [0.29, 0.717) is 5.39 Å². The number of fused-ring (bicyclic) bond motifs is 1. The van der Waals surface area contributed by atoms with Crippen LogP contribution in [-0.4, -0.2) is 42.6 Å². The van der Waals surface area contributed by atoms with Gasteiger partial charge in [0.25, 0.3) is 5.91 Å². The maximum Gasteiger partial charge on any atom is 0.416 e. The summed E-state index contributed by atoms with van der Waals surface area (Å²) in [5.41, 5.74) is 0.740. The molecular formula is C16H13NO7. The molecule has 0 aliphatic carbocycles. The molecule has 0 spiro atoms. The van der Waals surface area contributed by atoms with Crippen LogP contribution in [0.25, 0.3) is 11.0 Å². The summed E-state index contributed by atoms with van der Waals surface area (Å²) in [4.78, 5) is 47.8. The van der Waals surface area contributed by atoms with Crippen molar-refractivity contribution >= 4 is 28.9 Å². The maximum atomic E-state index is 12.0. The number of carbonyl (C=O) groups excluding carboxylic acids is 3. The highest BCUT2D eigenvalue weighted by molar-refractivity contribution is 5.95. The Morgan fingerprint density at radius 1 is 1.25 bits per heavy atom. The predicted octanol–water partition coefficient (Wildman–Crippen LogP) is 1.24. The lowest BCUT2D eigenvalue weighted by Crippen LogP contribution is -2.35. The Balaban J connectivity index is 1.74. The Hall–Kier alpha value is -3.16. The second-order valence-electron chi connectivity index (χ2n) is 5.21. The van der Waals surface area contributed by atoms with E-state index in [1.807, 2.05) is 6.92 Å². The van der Waals surface area contributed by atoms with Crippen LogP contribution in [0.5, 0.6) is 0 Å². The number of benzene rings is 1. The van der Waals surface area contributed by atoms with Crippen molar-refractivity contribution < 1.29 is 28.3 Å². The molecule has 0 N–H and O–H groups in total. The number of imide groups is 1. The minimum atomic E-state index is -0.963. The molecule has 8 heteroatoms. The van der Waals surface area contributed by atoms with E-state index >= 15 is 0 Å². The minimum absolute atomic E-state index is 0.109. The second kappa shape index (κ2) is 6.15. The average molecular weight is 331 g/mol. The van der Waals surface area contributed by atoms with Crippen molar-refractivity contribution in [3.8, 4) is 0 Å². The van der Waals surface area contributed by atoms with Gasteiger partial charge in [-0.2, -0.15) is 0 Å². The molecule has 24 heavy (non-hydrogen) atoms. The van der Waals surface area contributed by atoms with Crippen molar-refractivity contribution in [2.75, 3.05) is 19.8 Å². The Morgan fingerprint density at radius 3 is 2.75 bits per heavy atom. The summed E-state index contributed by atoms with van der Waals surface area (Å²) < 4.78 is 14.8. The van der Waals surface area contributed by atoms with Crippen LogP contribution in [0.3, 0.4) is 0 Å². The number of cyclic esters (lactones) is 1. The van der Waals surface area contributed by atoms with E-state index in [0.717, 1.165) is 16.5 Å². The second-order valence-corrected chi connectivity index (χ2v) is 5.21. The normalized spacial score (nSPS) is 13.9. The first-order valence-corrected chi connectivity index (χ1v) is 7.14. The lowest BCUT2D eigenvalue weighted by Gasteiger charge is -2.10. The van der Waals surface area contributed by atoms with E-state index < -0.39 is 24.6 Å². The highest BCUT2D eigenvalue weighted by atomic mass is 16.6. The van der Waals surface area contributed by atoms with Crippen LogP contribution >= 0.6 is 0 Å². The number of rotatable bonds is 3. The van der Waals surface area contributed by atoms with Gasteiger partial charge in [-0.05, 0) is 19.1 Å². The first-order valence-electron chi connectivity index (χ1n) is 7.14. The fourth-order valence-electron chi connectivity index (χ4n) is 2.27. The third kappa shape index (κ3) is 2.98. The molecule has 1 fully saturated rings. The number of ether oxygens (including phenoxy) is 2. The summed E-state index contributed by atoms with van der Waals surface area (Å²) in [6, 6.07) is 5.98. The molecule has 8 nitrogen and oxygen atoms in total. The summed E-state index contributed by atoms with van der Waals surface area (Å²) >= 11 is 0. The van der Waals surface area contributed by atoms with E-state index in [1.165, 1.54) is 0 Å². The Kier molecular flexibility index (Phi) is 4.03. The molecule has 0 unspecified atom stereocenters. The summed E-state index contributed by atoms with van der Waals surface area (Å²) in [5.74, 6) is -1.98. The number of hydrogen-bond donors (Lipinski definition) is 0. The van der Waals surface area contributed by atoms with Gasteiger partial charge in [-0.25, -0.2) is 14.5 Å². The molecule has 0 bridgehead atoms. The first-order chi connectivity index (χ1) is 11.5. The molecule has 0 radical (unpaired) electrons. The van der Waals surface area contributed by atoms with Crippen molar-refractivity contribution in [3.63, 3.8) is 0 Å². The van der Waals surface area contributed by atoms with E-state index in [1.54, 1.807) is 18.2 Å². The van der Waals surface area contributed by atoms with Crippen LogP contribution in [-0.2, 0) is 14.3 Å². The van der Waals surface area contributed by atoms with Crippen molar-refractivity contribution in [1.82, 2.24) is 4.90 Å². The third-order valence-electron chi connectivity index (χ3n) is 3.47. The summed E-state index contributed by atoms with van der Waals surface area (Å²) in [6.07, 6.45) is -0.774. The molecule has 124 valence electrons. The maximum absolute atomic E-state index is 12.0. The fraction of sp³-hybridized carbons (Fsp3) is 0.250. The van der Waals surface area contributed by atoms with Gasteiger partial charge in [0.15, 0.2) is 12.0 Å². The molecule has 3 rings (SSSR count). The van der Waals surface area contributed by atoms with Gasteiger partial charge in [-0.15, -0.1) is 0 Å². The molecule has 1 aliphatic rings. The lowest BCUT2D eigenvalue weighted by molar-refractivity contribution is -0.131. The van der Waals surface area contributed by atoms with Crippen LogP contribution in [0.4, 0.5) is 4.79 Å². The van der Waals surface area contributed by atoms with Crippen molar-refractivity contribution in [2.24, 2.45) is 0 Å². The van der Waals surface area contributed by atoms with Gasteiger partial charge in [-0.3, -0.25) is 9.59 Å². The molecule has 0 atom stereocenters. The van der Waals surface area contributed by atoms with E-state index in [4.69, 9.17) is 9.15 Å². The number of hydrogen-bond acceptors (Lipinski definition) is 7. The molecule has 0 saturated carbocycles. The minimum Gasteiger partial charge on any atom is -0.450 e. The zero-order chi connectivity index (χ0) is 17.3. The SMILES string of the molecule is Cc1ccc2oc(C(=O)OCC(=O)N3CCOC3=O)cc(=O)c2c1. The molecule has 2 aromatic rings. The number of aryl methyl sites for hydroxylation is 1. The largest absolute Gasteiger partial charge is 0.450 e. The standard InChI is InChI=1S/C16H13NO7/c1-9-2-3-12-10(6-9)11(18)7-13(24-12)15(20)23-8-14(19)17-4-5-22-16(17)21/h2-3,6-7H,4-5,8H2,1H3. The number of amides is 2. The Bertz CT molecular complexity index is 899. The van der Waals surface area contributed by atoms with Crippen LogP contribution in [0.15, 0.2) is 33.5 Å². The molecule has 2 heterocycles. The Morgan fingerprint density at radius 2 is 2.04 bits per heavy atom. The third-order valence-corrected chi connectivity index (χ3v) is 3.47. The van der Waals surface area contributed by atoms with Crippen LogP contribution in [0.2, 0.25) is 0 Å². The quantitative estimate of drug-likeness (QED) is 0.779. The molecular weight excluding hydrogens is 318 g/mol. The van der Waals surface area contributed by atoms with E-state index in [9.17, 15) is 19.2 Å². The topological polar surface area (TPSA) is 103 Å².